The van der Waals surface area contributed by atoms with E-state index in [0.717, 1.165) is 12.5 Å². The van der Waals surface area contributed by atoms with Crippen molar-refractivity contribution in [3.05, 3.63) is 0 Å². The highest BCUT2D eigenvalue weighted by atomic mass is 16.5. The molecule has 14 heavy (non-hydrogen) atoms. The summed E-state index contributed by atoms with van der Waals surface area (Å²) in [6.45, 7) is 4.54. The van der Waals surface area contributed by atoms with Gasteiger partial charge in [-0.25, -0.2) is 0 Å². The van der Waals surface area contributed by atoms with Crippen LogP contribution in [0.4, 0.5) is 0 Å². The molecular formula is C12H25NO. The van der Waals surface area contributed by atoms with Crippen LogP contribution in [0.25, 0.3) is 0 Å². The van der Waals surface area contributed by atoms with E-state index in [-0.39, 0.29) is 0 Å². The first-order valence-electron chi connectivity index (χ1n) is 6.12. The lowest BCUT2D eigenvalue weighted by Gasteiger charge is -2.30. The number of methoxy groups -OCH3 is 1. The Kier molecular flexibility index (Phi) is 6.20. The third-order valence-electron chi connectivity index (χ3n) is 3.26. The average Bonchev–Trinajstić information content (AvgIpc) is 2.25. The van der Waals surface area contributed by atoms with Crippen LogP contribution in [0.5, 0.6) is 0 Å². The molecule has 2 atom stereocenters. The molecule has 2 unspecified atom stereocenters. The summed E-state index contributed by atoms with van der Waals surface area (Å²) in [6.07, 6.45) is 8.46. The van der Waals surface area contributed by atoms with Gasteiger partial charge in [0.25, 0.3) is 0 Å². The summed E-state index contributed by atoms with van der Waals surface area (Å²) < 4.78 is 5.53. The Morgan fingerprint density at radius 2 is 2.00 bits per heavy atom. The van der Waals surface area contributed by atoms with E-state index in [2.05, 4.69) is 12.2 Å². The molecule has 1 aliphatic rings. The van der Waals surface area contributed by atoms with E-state index in [0.29, 0.717) is 6.10 Å². The van der Waals surface area contributed by atoms with Gasteiger partial charge in [-0.05, 0) is 44.7 Å². The Morgan fingerprint density at radius 1 is 1.21 bits per heavy atom. The van der Waals surface area contributed by atoms with E-state index in [9.17, 15) is 0 Å². The van der Waals surface area contributed by atoms with Crippen molar-refractivity contribution in [1.82, 2.24) is 5.32 Å². The molecule has 0 bridgehead atoms. The van der Waals surface area contributed by atoms with Crippen molar-refractivity contribution < 1.29 is 4.74 Å². The predicted molar refractivity (Wildman–Crippen MR) is 60.5 cm³/mol. The molecule has 1 fully saturated rings. The SMILES string of the molecule is CCCNCCC1CCCCC1OC. The van der Waals surface area contributed by atoms with E-state index in [1.165, 1.54) is 45.1 Å². The number of ether oxygens (including phenoxy) is 1. The van der Waals surface area contributed by atoms with Crippen molar-refractivity contribution in [2.24, 2.45) is 5.92 Å². The van der Waals surface area contributed by atoms with E-state index < -0.39 is 0 Å². The van der Waals surface area contributed by atoms with Gasteiger partial charge < -0.3 is 10.1 Å². The Labute approximate surface area is 88.4 Å². The highest BCUT2D eigenvalue weighted by Crippen LogP contribution is 2.28. The molecule has 0 aromatic rings. The second kappa shape index (κ2) is 7.24. The standard InChI is InChI=1S/C12H25NO/c1-3-9-13-10-8-11-6-4-5-7-12(11)14-2/h11-13H,3-10H2,1-2H3. The monoisotopic (exact) mass is 199 g/mol. The smallest absolute Gasteiger partial charge is 0.0600 e. The van der Waals surface area contributed by atoms with Gasteiger partial charge in [0.1, 0.15) is 0 Å². The van der Waals surface area contributed by atoms with Crippen LogP contribution in [0.1, 0.15) is 45.4 Å². The van der Waals surface area contributed by atoms with Gasteiger partial charge in [0.2, 0.25) is 0 Å². The Bertz CT molecular complexity index is 138. The van der Waals surface area contributed by atoms with E-state index in [4.69, 9.17) is 4.74 Å². The molecule has 2 nitrogen and oxygen atoms in total. The Morgan fingerprint density at radius 3 is 2.71 bits per heavy atom. The van der Waals surface area contributed by atoms with Crippen molar-refractivity contribution in [1.29, 1.82) is 0 Å². The summed E-state index contributed by atoms with van der Waals surface area (Å²) in [5, 5.41) is 3.47. The minimum absolute atomic E-state index is 0.534. The Hall–Kier alpha value is -0.0800. The van der Waals surface area contributed by atoms with Crippen molar-refractivity contribution in [3.8, 4) is 0 Å². The quantitative estimate of drug-likeness (QED) is 0.664. The van der Waals surface area contributed by atoms with Crippen molar-refractivity contribution in [2.75, 3.05) is 20.2 Å². The van der Waals surface area contributed by atoms with Gasteiger partial charge in [-0.15, -0.1) is 0 Å². The van der Waals surface area contributed by atoms with Gasteiger partial charge in [0.05, 0.1) is 6.10 Å². The minimum Gasteiger partial charge on any atom is -0.381 e. The summed E-state index contributed by atoms with van der Waals surface area (Å²) >= 11 is 0. The first-order valence-corrected chi connectivity index (χ1v) is 6.12. The fourth-order valence-corrected chi connectivity index (χ4v) is 2.40. The summed E-state index contributed by atoms with van der Waals surface area (Å²) in [7, 11) is 1.86. The maximum atomic E-state index is 5.53. The van der Waals surface area contributed by atoms with Crippen molar-refractivity contribution in [2.45, 2.75) is 51.6 Å². The number of hydrogen-bond donors (Lipinski definition) is 1. The molecule has 0 aliphatic heterocycles. The van der Waals surface area contributed by atoms with Gasteiger partial charge in [-0.1, -0.05) is 19.8 Å². The minimum atomic E-state index is 0.534. The number of rotatable bonds is 6. The second-order valence-corrected chi connectivity index (χ2v) is 4.36. The third kappa shape index (κ3) is 3.97. The molecule has 1 saturated carbocycles. The zero-order valence-electron chi connectivity index (χ0n) is 9.72. The molecule has 0 saturated heterocycles. The second-order valence-electron chi connectivity index (χ2n) is 4.36. The first-order chi connectivity index (χ1) is 6.88. The fraction of sp³-hybridized carbons (Fsp3) is 1.00. The largest absolute Gasteiger partial charge is 0.381 e. The molecule has 1 rings (SSSR count). The normalized spacial score (nSPS) is 27.9. The number of nitrogens with one attached hydrogen (secondary N) is 1. The molecule has 1 N–H and O–H groups in total. The van der Waals surface area contributed by atoms with Crippen LogP contribution in [-0.4, -0.2) is 26.3 Å². The summed E-state index contributed by atoms with van der Waals surface area (Å²) in [4.78, 5) is 0. The van der Waals surface area contributed by atoms with Crippen molar-refractivity contribution >= 4 is 0 Å². The zero-order valence-corrected chi connectivity index (χ0v) is 9.72. The number of hydrogen-bond acceptors (Lipinski definition) is 2. The molecule has 0 heterocycles. The first kappa shape index (κ1) is 12.0. The van der Waals surface area contributed by atoms with Gasteiger partial charge in [0.15, 0.2) is 0 Å². The average molecular weight is 199 g/mol. The maximum Gasteiger partial charge on any atom is 0.0600 e. The van der Waals surface area contributed by atoms with E-state index in [1.807, 2.05) is 7.11 Å². The van der Waals surface area contributed by atoms with Crippen LogP contribution in [-0.2, 0) is 4.74 Å². The van der Waals surface area contributed by atoms with Crippen LogP contribution < -0.4 is 5.32 Å². The topological polar surface area (TPSA) is 21.3 Å². The lowest BCUT2D eigenvalue weighted by Crippen LogP contribution is -2.30. The van der Waals surface area contributed by atoms with Gasteiger partial charge in [0, 0.05) is 7.11 Å². The lowest BCUT2D eigenvalue weighted by atomic mass is 9.84. The summed E-state index contributed by atoms with van der Waals surface area (Å²) in [6, 6.07) is 0. The molecule has 0 radical (unpaired) electrons. The van der Waals surface area contributed by atoms with Crippen LogP contribution >= 0.6 is 0 Å². The highest BCUT2D eigenvalue weighted by molar-refractivity contribution is 4.76. The van der Waals surface area contributed by atoms with Crippen LogP contribution in [0.15, 0.2) is 0 Å². The predicted octanol–water partition coefficient (Wildman–Crippen LogP) is 2.58. The van der Waals surface area contributed by atoms with Crippen LogP contribution in [0, 0.1) is 5.92 Å². The van der Waals surface area contributed by atoms with Crippen LogP contribution in [0.2, 0.25) is 0 Å². The van der Waals surface area contributed by atoms with Gasteiger partial charge >= 0.3 is 0 Å². The summed E-state index contributed by atoms with van der Waals surface area (Å²) in [5.74, 6) is 0.804. The molecular weight excluding hydrogens is 174 g/mol. The molecule has 0 spiro atoms. The molecule has 84 valence electrons. The highest BCUT2D eigenvalue weighted by Gasteiger charge is 2.23. The molecule has 0 amide bonds. The molecule has 0 aromatic heterocycles. The summed E-state index contributed by atoms with van der Waals surface area (Å²) in [5.41, 5.74) is 0. The van der Waals surface area contributed by atoms with Gasteiger partial charge in [-0.3, -0.25) is 0 Å². The van der Waals surface area contributed by atoms with Crippen LogP contribution in [0.3, 0.4) is 0 Å². The fourth-order valence-electron chi connectivity index (χ4n) is 2.40. The third-order valence-corrected chi connectivity index (χ3v) is 3.26. The van der Waals surface area contributed by atoms with Crippen molar-refractivity contribution in [3.63, 3.8) is 0 Å². The lowest BCUT2D eigenvalue weighted by molar-refractivity contribution is 0.0206. The molecule has 0 aromatic carbocycles. The van der Waals surface area contributed by atoms with E-state index in [1.54, 1.807) is 0 Å². The van der Waals surface area contributed by atoms with Gasteiger partial charge in [-0.2, -0.15) is 0 Å². The molecule has 2 heteroatoms. The zero-order chi connectivity index (χ0) is 10.2. The van der Waals surface area contributed by atoms with E-state index >= 15 is 0 Å². The maximum absolute atomic E-state index is 5.53. The Balaban J connectivity index is 2.13. The molecule has 1 aliphatic carbocycles.